The summed E-state index contributed by atoms with van der Waals surface area (Å²) in [5, 5.41) is 0. The van der Waals surface area contributed by atoms with Gasteiger partial charge in [0.2, 0.25) is 0 Å². The number of fused-ring (bicyclic) bond motifs is 1. The zero-order chi connectivity index (χ0) is 10.5. The second-order valence-electron chi connectivity index (χ2n) is 3.80. The molecule has 2 rings (SSSR count). The topological polar surface area (TPSA) is 52.0 Å². The van der Waals surface area contributed by atoms with E-state index in [-0.39, 0.29) is 17.5 Å². The summed E-state index contributed by atoms with van der Waals surface area (Å²) in [4.78, 5) is 27.5. The Hall–Kier alpha value is -1.45. The quantitative estimate of drug-likeness (QED) is 0.574. The van der Waals surface area contributed by atoms with E-state index in [1.165, 1.54) is 0 Å². The van der Waals surface area contributed by atoms with Gasteiger partial charge in [-0.1, -0.05) is 0 Å². The van der Waals surface area contributed by atoms with Crippen molar-refractivity contribution >= 4 is 11.6 Å². The molecule has 0 fully saturated rings. The molecule has 0 bridgehead atoms. The van der Waals surface area contributed by atoms with Crippen molar-refractivity contribution in [1.82, 2.24) is 9.55 Å². The Balaban J connectivity index is 2.64. The van der Waals surface area contributed by atoms with Gasteiger partial charge in [0.05, 0.1) is 23.9 Å². The molecule has 0 aromatic carbocycles. The number of carbonyl (C=O) groups is 2. The van der Waals surface area contributed by atoms with Gasteiger partial charge in [-0.3, -0.25) is 9.59 Å². The smallest absolute Gasteiger partial charge is 0.191 e. The third-order valence-electron chi connectivity index (χ3n) is 2.86. The largest absolute Gasteiger partial charge is 0.331 e. The fourth-order valence-electron chi connectivity index (χ4n) is 1.91. The number of aromatic nitrogens is 2. The second-order valence-corrected chi connectivity index (χ2v) is 3.80. The van der Waals surface area contributed by atoms with Crippen molar-refractivity contribution in [2.45, 2.75) is 19.8 Å². The average Bonchev–Trinajstić information content (AvgIpc) is 2.54. The Kier molecular flexibility index (Phi) is 1.80. The molecule has 2 atom stereocenters. The number of imidazole rings is 1. The molecule has 0 N–H and O–H groups in total. The molecule has 74 valence electrons. The number of rotatable bonds is 0. The predicted octanol–water partition coefficient (Wildman–Crippen LogP) is 0.925. The molecule has 0 saturated heterocycles. The first-order chi connectivity index (χ1) is 6.54. The lowest BCUT2D eigenvalue weighted by Crippen LogP contribution is -2.33. The van der Waals surface area contributed by atoms with E-state index in [4.69, 9.17) is 0 Å². The van der Waals surface area contributed by atoms with E-state index in [0.29, 0.717) is 11.4 Å². The van der Waals surface area contributed by atoms with E-state index in [2.05, 4.69) is 4.98 Å². The van der Waals surface area contributed by atoms with E-state index in [0.717, 1.165) is 0 Å². The SMILES string of the molecule is CC1C(=O)c2c(ncn2C)C(C)C1=O. The molecule has 1 aromatic heterocycles. The molecule has 4 heteroatoms. The summed E-state index contributed by atoms with van der Waals surface area (Å²) in [6, 6.07) is 0. The van der Waals surface area contributed by atoms with Crippen molar-refractivity contribution in [3.8, 4) is 0 Å². The van der Waals surface area contributed by atoms with Gasteiger partial charge in [0.25, 0.3) is 0 Å². The third-order valence-corrected chi connectivity index (χ3v) is 2.86. The Bertz CT molecular complexity index is 420. The Labute approximate surface area is 81.9 Å². The maximum atomic E-state index is 11.8. The van der Waals surface area contributed by atoms with Crippen LogP contribution in [0.5, 0.6) is 0 Å². The van der Waals surface area contributed by atoms with Crippen LogP contribution in [0.25, 0.3) is 0 Å². The van der Waals surface area contributed by atoms with Crippen LogP contribution in [-0.2, 0) is 11.8 Å². The molecule has 2 unspecified atom stereocenters. The molecular weight excluding hydrogens is 180 g/mol. The van der Waals surface area contributed by atoms with Gasteiger partial charge in [-0.2, -0.15) is 0 Å². The van der Waals surface area contributed by atoms with E-state index < -0.39 is 5.92 Å². The zero-order valence-corrected chi connectivity index (χ0v) is 8.44. The maximum absolute atomic E-state index is 11.8. The van der Waals surface area contributed by atoms with Gasteiger partial charge in [0.15, 0.2) is 11.6 Å². The number of hydrogen-bond acceptors (Lipinski definition) is 3. The first-order valence-electron chi connectivity index (χ1n) is 4.63. The fraction of sp³-hybridized carbons (Fsp3) is 0.500. The molecular formula is C10H12N2O2. The van der Waals surface area contributed by atoms with Crippen LogP contribution in [0.3, 0.4) is 0 Å². The number of aryl methyl sites for hydroxylation is 1. The summed E-state index contributed by atoms with van der Waals surface area (Å²) in [5.41, 5.74) is 1.21. The van der Waals surface area contributed by atoms with Crippen molar-refractivity contribution < 1.29 is 9.59 Å². The van der Waals surface area contributed by atoms with Crippen molar-refractivity contribution in [2.75, 3.05) is 0 Å². The van der Waals surface area contributed by atoms with Crippen molar-refractivity contribution in [2.24, 2.45) is 13.0 Å². The number of hydrogen-bond donors (Lipinski definition) is 0. The predicted molar refractivity (Wildman–Crippen MR) is 50.1 cm³/mol. The molecule has 0 aliphatic heterocycles. The summed E-state index contributed by atoms with van der Waals surface area (Å²) in [5.74, 6) is -0.906. The molecule has 14 heavy (non-hydrogen) atoms. The Morgan fingerprint density at radius 3 is 2.57 bits per heavy atom. The minimum Gasteiger partial charge on any atom is -0.331 e. The maximum Gasteiger partial charge on any atom is 0.191 e. The van der Waals surface area contributed by atoms with Crippen LogP contribution in [0.15, 0.2) is 6.33 Å². The fourth-order valence-corrected chi connectivity index (χ4v) is 1.91. The lowest BCUT2D eigenvalue weighted by Gasteiger charge is -2.21. The molecule has 1 aliphatic rings. The summed E-state index contributed by atoms with van der Waals surface area (Å²) in [6.45, 7) is 3.47. The summed E-state index contributed by atoms with van der Waals surface area (Å²) in [7, 11) is 1.78. The second kappa shape index (κ2) is 2.77. The molecule has 0 amide bonds. The van der Waals surface area contributed by atoms with Gasteiger partial charge in [-0.05, 0) is 13.8 Å². The van der Waals surface area contributed by atoms with Gasteiger partial charge < -0.3 is 4.57 Å². The minimum atomic E-state index is -0.520. The highest BCUT2D eigenvalue weighted by Gasteiger charge is 2.38. The van der Waals surface area contributed by atoms with E-state index >= 15 is 0 Å². The van der Waals surface area contributed by atoms with Crippen LogP contribution in [0, 0.1) is 5.92 Å². The first kappa shape index (κ1) is 9.12. The number of nitrogens with zero attached hydrogens (tertiary/aromatic N) is 2. The highest BCUT2D eigenvalue weighted by Crippen LogP contribution is 2.30. The van der Waals surface area contributed by atoms with E-state index in [1.807, 2.05) is 0 Å². The van der Waals surface area contributed by atoms with Gasteiger partial charge in [-0.15, -0.1) is 0 Å². The molecule has 1 aliphatic carbocycles. The Morgan fingerprint density at radius 1 is 1.29 bits per heavy atom. The average molecular weight is 192 g/mol. The molecule has 4 nitrogen and oxygen atoms in total. The highest BCUT2D eigenvalue weighted by molar-refractivity contribution is 6.15. The van der Waals surface area contributed by atoms with Crippen LogP contribution in [0.2, 0.25) is 0 Å². The van der Waals surface area contributed by atoms with Gasteiger partial charge in [0, 0.05) is 7.05 Å². The summed E-state index contributed by atoms with van der Waals surface area (Å²) in [6.07, 6.45) is 1.59. The van der Waals surface area contributed by atoms with E-state index in [9.17, 15) is 9.59 Å². The highest BCUT2D eigenvalue weighted by atomic mass is 16.2. The molecule has 0 spiro atoms. The first-order valence-corrected chi connectivity index (χ1v) is 4.63. The normalized spacial score (nSPS) is 26.5. The van der Waals surface area contributed by atoms with Crippen molar-refractivity contribution in [3.63, 3.8) is 0 Å². The van der Waals surface area contributed by atoms with Crippen LogP contribution < -0.4 is 0 Å². The standard InChI is InChI=1S/C10H12N2O2/c1-5-7-8(12(3)4-11-7)10(14)6(2)9(5)13/h4-6H,1-3H3. The molecule has 0 saturated carbocycles. The summed E-state index contributed by atoms with van der Waals surface area (Å²) >= 11 is 0. The van der Waals surface area contributed by atoms with Gasteiger partial charge >= 0.3 is 0 Å². The molecule has 1 heterocycles. The molecule has 0 radical (unpaired) electrons. The number of Topliss-reactive ketones (excluding diaryl/α,β-unsaturated/α-hetero) is 2. The van der Waals surface area contributed by atoms with Crippen LogP contribution >= 0.6 is 0 Å². The van der Waals surface area contributed by atoms with Crippen molar-refractivity contribution in [1.29, 1.82) is 0 Å². The number of carbonyl (C=O) groups excluding carboxylic acids is 2. The monoisotopic (exact) mass is 192 g/mol. The van der Waals surface area contributed by atoms with E-state index in [1.54, 1.807) is 31.8 Å². The Morgan fingerprint density at radius 2 is 1.93 bits per heavy atom. The third kappa shape index (κ3) is 0.967. The van der Waals surface area contributed by atoms with Gasteiger partial charge in [-0.25, -0.2) is 4.98 Å². The minimum absolute atomic E-state index is 0.0267. The number of ketones is 2. The zero-order valence-electron chi connectivity index (χ0n) is 8.44. The lowest BCUT2D eigenvalue weighted by molar-refractivity contribution is -0.122. The lowest BCUT2D eigenvalue weighted by atomic mass is 9.82. The molecule has 1 aromatic rings. The van der Waals surface area contributed by atoms with Crippen molar-refractivity contribution in [3.05, 3.63) is 17.7 Å². The van der Waals surface area contributed by atoms with Crippen LogP contribution in [-0.4, -0.2) is 21.1 Å². The van der Waals surface area contributed by atoms with Crippen LogP contribution in [0.4, 0.5) is 0 Å². The van der Waals surface area contributed by atoms with Crippen LogP contribution in [0.1, 0.15) is 35.9 Å². The summed E-state index contributed by atoms with van der Waals surface area (Å²) < 4.78 is 1.69. The van der Waals surface area contributed by atoms with Gasteiger partial charge in [0.1, 0.15) is 5.69 Å².